The fraction of sp³-hybridized carbons (Fsp3) is 0.391. The van der Waals surface area contributed by atoms with Crippen molar-refractivity contribution in [2.45, 2.75) is 18.4 Å². The second-order valence-electron chi connectivity index (χ2n) is 8.39. The van der Waals surface area contributed by atoms with Crippen LogP contribution < -0.4 is 5.32 Å². The molecule has 2 aliphatic rings. The quantitative estimate of drug-likeness (QED) is 0.869. The molecule has 0 bridgehead atoms. The lowest BCUT2D eigenvalue weighted by Gasteiger charge is -2.35. The van der Waals surface area contributed by atoms with Gasteiger partial charge in [0.2, 0.25) is 0 Å². The van der Waals surface area contributed by atoms with Gasteiger partial charge in [0.1, 0.15) is 5.82 Å². The Morgan fingerprint density at radius 3 is 2.69 bits per heavy atom. The number of nitrogens with one attached hydrogen (secondary N) is 1. The Bertz CT molecular complexity index is 945. The molecule has 2 amide bonds. The molecule has 1 N–H and O–H groups in total. The van der Waals surface area contributed by atoms with Crippen molar-refractivity contribution in [2.75, 3.05) is 33.7 Å². The van der Waals surface area contributed by atoms with Gasteiger partial charge < -0.3 is 15.1 Å². The van der Waals surface area contributed by atoms with Crippen LogP contribution in [0.4, 0.5) is 4.39 Å². The zero-order valence-corrected chi connectivity index (χ0v) is 16.8. The number of amides is 2. The predicted octanol–water partition coefficient (Wildman–Crippen LogP) is 2.57. The molecule has 29 heavy (non-hydrogen) atoms. The Kier molecular flexibility index (Phi) is 5.13. The third-order valence-corrected chi connectivity index (χ3v) is 6.14. The Labute approximate surface area is 170 Å². The van der Waals surface area contributed by atoms with Crippen molar-refractivity contribution in [1.29, 1.82) is 0 Å². The summed E-state index contributed by atoms with van der Waals surface area (Å²) in [5.74, 6) is -0.867. The molecule has 2 aromatic rings. The summed E-state index contributed by atoms with van der Waals surface area (Å²) in [5.41, 5.74) is 1.29. The van der Waals surface area contributed by atoms with E-state index >= 15 is 0 Å². The number of likely N-dealkylation sites (tertiary alicyclic amines) is 1. The zero-order chi connectivity index (χ0) is 20.6. The molecule has 2 heterocycles. The normalized spacial score (nSPS) is 23.8. The van der Waals surface area contributed by atoms with Crippen LogP contribution in [0.15, 0.2) is 48.5 Å². The fourth-order valence-corrected chi connectivity index (χ4v) is 4.71. The van der Waals surface area contributed by atoms with Crippen molar-refractivity contribution >= 4 is 11.8 Å². The van der Waals surface area contributed by atoms with Crippen molar-refractivity contribution in [1.82, 2.24) is 15.1 Å². The number of rotatable bonds is 3. The maximum Gasteiger partial charge on any atom is 0.256 e. The molecule has 1 fully saturated rings. The van der Waals surface area contributed by atoms with Crippen LogP contribution in [0.25, 0.3) is 0 Å². The molecule has 2 aromatic carbocycles. The summed E-state index contributed by atoms with van der Waals surface area (Å²) in [5, 5.41) is 3.26. The van der Waals surface area contributed by atoms with E-state index in [9.17, 15) is 14.0 Å². The van der Waals surface area contributed by atoms with Crippen LogP contribution in [0.5, 0.6) is 0 Å². The number of carbonyl (C=O) groups is 2. The van der Waals surface area contributed by atoms with E-state index < -0.39 is 11.4 Å². The Balaban J connectivity index is 1.65. The summed E-state index contributed by atoms with van der Waals surface area (Å²) >= 11 is 0. The highest BCUT2D eigenvalue weighted by Crippen LogP contribution is 2.36. The molecule has 0 unspecified atom stereocenters. The van der Waals surface area contributed by atoms with E-state index in [-0.39, 0.29) is 23.3 Å². The number of aryl methyl sites for hydroxylation is 1. The molecule has 1 spiro atoms. The van der Waals surface area contributed by atoms with Crippen molar-refractivity contribution in [2.24, 2.45) is 5.92 Å². The molecule has 2 atom stereocenters. The molecule has 5 nitrogen and oxygen atoms in total. The molecule has 4 rings (SSSR count). The van der Waals surface area contributed by atoms with Gasteiger partial charge in [0, 0.05) is 31.1 Å². The van der Waals surface area contributed by atoms with Crippen LogP contribution in [-0.2, 0) is 6.42 Å². The molecule has 2 aliphatic heterocycles. The van der Waals surface area contributed by atoms with Gasteiger partial charge in [0.25, 0.3) is 11.8 Å². The van der Waals surface area contributed by atoms with Gasteiger partial charge in [-0.1, -0.05) is 30.3 Å². The van der Waals surface area contributed by atoms with Crippen LogP contribution in [0, 0.1) is 11.7 Å². The SMILES string of the molecule is CN(C)C[C@@H]1CN(C(=O)c2ccccc2F)C[C@]12CCc1ccccc1C(=O)N2. The van der Waals surface area contributed by atoms with Crippen LogP contribution in [0.2, 0.25) is 0 Å². The van der Waals surface area contributed by atoms with E-state index in [0.717, 1.165) is 24.9 Å². The van der Waals surface area contributed by atoms with Gasteiger partial charge in [0.15, 0.2) is 0 Å². The van der Waals surface area contributed by atoms with Crippen molar-refractivity contribution in [3.63, 3.8) is 0 Å². The van der Waals surface area contributed by atoms with Gasteiger partial charge in [-0.2, -0.15) is 0 Å². The third-order valence-electron chi connectivity index (χ3n) is 6.14. The second-order valence-corrected chi connectivity index (χ2v) is 8.39. The number of carbonyl (C=O) groups excluding carboxylic acids is 2. The van der Waals surface area contributed by atoms with E-state index in [0.29, 0.717) is 18.7 Å². The highest BCUT2D eigenvalue weighted by Gasteiger charge is 2.50. The Hall–Kier alpha value is -2.73. The third kappa shape index (κ3) is 3.65. The minimum absolute atomic E-state index is 0.0616. The van der Waals surface area contributed by atoms with Gasteiger partial charge >= 0.3 is 0 Å². The largest absolute Gasteiger partial charge is 0.344 e. The van der Waals surface area contributed by atoms with Crippen LogP contribution in [-0.4, -0.2) is 60.9 Å². The van der Waals surface area contributed by atoms with Crippen molar-refractivity contribution in [3.05, 3.63) is 71.0 Å². The molecule has 152 valence electrons. The molecule has 0 aromatic heterocycles. The van der Waals surface area contributed by atoms with E-state index in [4.69, 9.17) is 0 Å². The van der Waals surface area contributed by atoms with Crippen molar-refractivity contribution in [3.8, 4) is 0 Å². The monoisotopic (exact) mass is 395 g/mol. The number of benzene rings is 2. The van der Waals surface area contributed by atoms with Gasteiger partial charge in [-0.05, 0) is 50.7 Å². The highest BCUT2D eigenvalue weighted by molar-refractivity contribution is 5.97. The van der Waals surface area contributed by atoms with Crippen LogP contribution >= 0.6 is 0 Å². The van der Waals surface area contributed by atoms with Gasteiger partial charge in [0.05, 0.1) is 11.1 Å². The number of halogens is 1. The van der Waals surface area contributed by atoms with Crippen molar-refractivity contribution < 1.29 is 14.0 Å². The smallest absolute Gasteiger partial charge is 0.256 e. The summed E-state index contributed by atoms with van der Waals surface area (Å²) in [6.07, 6.45) is 1.51. The first-order valence-electron chi connectivity index (χ1n) is 9.98. The minimum atomic E-state index is -0.526. The number of hydrogen-bond donors (Lipinski definition) is 1. The average molecular weight is 395 g/mol. The van der Waals surface area contributed by atoms with Gasteiger partial charge in [-0.15, -0.1) is 0 Å². The van der Waals surface area contributed by atoms with E-state index in [1.807, 2.05) is 38.4 Å². The van der Waals surface area contributed by atoms with Gasteiger partial charge in [-0.3, -0.25) is 9.59 Å². The summed E-state index contributed by atoms with van der Waals surface area (Å²) in [6.45, 7) is 1.61. The molecular formula is C23H26FN3O2. The standard InChI is InChI=1S/C23H26FN3O2/c1-26(2)13-17-14-27(22(29)19-9-5-6-10-20(19)24)15-23(17)12-11-16-7-3-4-8-18(16)21(28)25-23/h3-10,17H,11-15H2,1-2H3,(H,25,28)/t17-,23-/m1/s1. The number of hydrogen-bond acceptors (Lipinski definition) is 3. The van der Waals surface area contributed by atoms with Gasteiger partial charge in [-0.25, -0.2) is 4.39 Å². The van der Waals surface area contributed by atoms with E-state index in [1.54, 1.807) is 17.0 Å². The second kappa shape index (κ2) is 7.59. The molecule has 0 saturated carbocycles. The lowest BCUT2D eigenvalue weighted by atomic mass is 9.82. The lowest BCUT2D eigenvalue weighted by Crippen LogP contribution is -2.55. The van der Waals surface area contributed by atoms with Crippen LogP contribution in [0.3, 0.4) is 0 Å². The molecular weight excluding hydrogens is 369 g/mol. The summed E-state index contributed by atoms with van der Waals surface area (Å²) in [4.78, 5) is 29.9. The average Bonchev–Trinajstić information content (AvgIpc) is 2.96. The minimum Gasteiger partial charge on any atom is -0.344 e. The number of nitrogens with zero attached hydrogens (tertiary/aromatic N) is 2. The molecule has 6 heteroatoms. The predicted molar refractivity (Wildman–Crippen MR) is 109 cm³/mol. The molecule has 0 aliphatic carbocycles. The first-order chi connectivity index (χ1) is 13.9. The fourth-order valence-electron chi connectivity index (χ4n) is 4.71. The van der Waals surface area contributed by atoms with E-state index in [1.165, 1.54) is 12.1 Å². The lowest BCUT2D eigenvalue weighted by molar-refractivity contribution is 0.0760. The molecule has 0 radical (unpaired) electrons. The topological polar surface area (TPSA) is 52.7 Å². The van der Waals surface area contributed by atoms with E-state index in [2.05, 4.69) is 10.2 Å². The molecule has 1 saturated heterocycles. The summed E-state index contributed by atoms with van der Waals surface area (Å²) < 4.78 is 14.2. The Morgan fingerprint density at radius 2 is 1.93 bits per heavy atom. The maximum absolute atomic E-state index is 14.2. The zero-order valence-electron chi connectivity index (χ0n) is 16.8. The summed E-state index contributed by atoms with van der Waals surface area (Å²) in [6, 6.07) is 13.7. The maximum atomic E-state index is 14.2. The number of fused-ring (bicyclic) bond motifs is 1. The first-order valence-corrected chi connectivity index (χ1v) is 9.98. The Morgan fingerprint density at radius 1 is 1.21 bits per heavy atom. The first kappa shape index (κ1) is 19.6. The summed E-state index contributed by atoms with van der Waals surface area (Å²) in [7, 11) is 3.98. The van der Waals surface area contributed by atoms with Crippen LogP contribution in [0.1, 0.15) is 32.7 Å². The highest BCUT2D eigenvalue weighted by atomic mass is 19.1.